The molecule has 0 bridgehead atoms. The Hall–Kier alpha value is 0.750. The summed E-state index contributed by atoms with van der Waals surface area (Å²) in [6.07, 6.45) is -4.12. The summed E-state index contributed by atoms with van der Waals surface area (Å²) in [5.74, 6) is 0. The minimum Gasteiger partial charge on any atom is -0.170 e. The maximum atomic E-state index is 11.4. The third-order valence-corrected chi connectivity index (χ3v) is 2.85. The Balaban J connectivity index is 3.62. The first-order chi connectivity index (χ1) is 3.48. The highest BCUT2D eigenvalue weighted by Gasteiger charge is 2.36. The van der Waals surface area contributed by atoms with Crippen molar-refractivity contribution in [1.29, 1.82) is 0 Å². The predicted molar refractivity (Wildman–Crippen MR) is 32.6 cm³/mol. The molecular weight excluding hydrogens is 253 g/mol. The lowest BCUT2D eigenvalue weighted by atomic mass is 10.5. The number of hydrogen-bond donors (Lipinski definition) is 0. The lowest BCUT2D eigenvalue weighted by molar-refractivity contribution is -0.122. The Morgan fingerprint density at radius 2 is 1.75 bits per heavy atom. The molecule has 0 nitrogen and oxygen atoms in total. The molecule has 0 heterocycles. The van der Waals surface area contributed by atoms with Crippen LogP contribution in [0.4, 0.5) is 13.2 Å². The molecule has 0 aromatic heterocycles. The zero-order chi connectivity index (χ0) is 6.78. The van der Waals surface area contributed by atoms with Gasteiger partial charge in [-0.1, -0.05) is 31.9 Å². The minimum absolute atomic E-state index is 0.101. The number of halogens is 5. The summed E-state index contributed by atoms with van der Waals surface area (Å²) in [5.41, 5.74) is 0. The monoisotopic (exact) mass is 254 g/mol. The molecule has 0 saturated carbocycles. The van der Waals surface area contributed by atoms with Crippen molar-refractivity contribution in [3.8, 4) is 0 Å². The van der Waals surface area contributed by atoms with Crippen molar-refractivity contribution in [3.63, 3.8) is 0 Å². The smallest absolute Gasteiger partial charge is 0.170 e. The highest BCUT2D eigenvalue weighted by molar-refractivity contribution is 9.12. The van der Waals surface area contributed by atoms with Gasteiger partial charge in [-0.05, 0) is 0 Å². The van der Waals surface area contributed by atoms with Gasteiger partial charge in [-0.3, -0.25) is 0 Å². The molecule has 0 aromatic carbocycles. The molecule has 0 rings (SSSR count). The Morgan fingerprint density at radius 1 is 1.38 bits per heavy atom. The average molecular weight is 256 g/mol. The van der Waals surface area contributed by atoms with Gasteiger partial charge in [0.2, 0.25) is 0 Å². The Bertz CT molecular complexity index is 69.4. The maximum Gasteiger partial charge on any atom is 0.402 e. The molecule has 50 valence electrons. The highest BCUT2D eigenvalue weighted by atomic mass is 79.9. The molecule has 0 N–H and O–H groups in total. The highest BCUT2D eigenvalue weighted by Crippen LogP contribution is 2.27. The van der Waals surface area contributed by atoms with Gasteiger partial charge >= 0.3 is 6.18 Å². The molecule has 0 aliphatic carbocycles. The fraction of sp³-hybridized carbons (Fsp3) is 1.00. The molecule has 0 radical (unpaired) electrons. The third kappa shape index (κ3) is 2.91. The van der Waals surface area contributed by atoms with Gasteiger partial charge in [-0.25, -0.2) is 0 Å². The van der Waals surface area contributed by atoms with Crippen LogP contribution in [0.5, 0.6) is 0 Å². The first-order valence-electron chi connectivity index (χ1n) is 1.75. The SMILES string of the molecule is FC(F)(F)[C@H](Br)CBr. The molecule has 0 fully saturated rings. The van der Waals surface area contributed by atoms with Crippen molar-refractivity contribution in [2.75, 3.05) is 5.33 Å². The molecule has 5 heteroatoms. The van der Waals surface area contributed by atoms with Gasteiger partial charge in [-0.15, -0.1) is 0 Å². The van der Waals surface area contributed by atoms with Crippen LogP contribution in [0.1, 0.15) is 0 Å². The standard InChI is InChI=1S/C3H3Br2F3/c4-1-2(5)3(6,7)8/h2H,1H2/t2-/m1/s1. The van der Waals surface area contributed by atoms with E-state index < -0.39 is 11.0 Å². The van der Waals surface area contributed by atoms with E-state index in [0.717, 1.165) is 0 Å². The third-order valence-electron chi connectivity index (χ3n) is 0.491. The lowest BCUT2D eigenvalue weighted by Crippen LogP contribution is -2.23. The molecule has 8 heavy (non-hydrogen) atoms. The Morgan fingerprint density at radius 3 is 1.75 bits per heavy atom. The minimum atomic E-state index is -4.12. The second-order valence-electron chi connectivity index (χ2n) is 1.16. The molecule has 0 amide bonds. The van der Waals surface area contributed by atoms with E-state index in [1.54, 1.807) is 0 Å². The summed E-state index contributed by atoms with van der Waals surface area (Å²) < 4.78 is 34.1. The van der Waals surface area contributed by atoms with Crippen molar-refractivity contribution < 1.29 is 13.2 Å². The van der Waals surface area contributed by atoms with Gasteiger partial charge in [0.05, 0.1) is 0 Å². The molecule has 0 aromatic rings. The van der Waals surface area contributed by atoms with E-state index in [-0.39, 0.29) is 5.33 Å². The fourth-order valence-electron chi connectivity index (χ4n) is 0.0875. The summed E-state index contributed by atoms with van der Waals surface area (Å²) >= 11 is 5.11. The summed E-state index contributed by atoms with van der Waals surface area (Å²) in [6.45, 7) is 0. The van der Waals surface area contributed by atoms with E-state index >= 15 is 0 Å². The van der Waals surface area contributed by atoms with Gasteiger partial charge in [0.15, 0.2) is 0 Å². The van der Waals surface area contributed by atoms with Crippen molar-refractivity contribution >= 4 is 31.9 Å². The van der Waals surface area contributed by atoms with Gasteiger partial charge in [0.1, 0.15) is 4.83 Å². The van der Waals surface area contributed by atoms with Gasteiger partial charge in [0, 0.05) is 5.33 Å². The van der Waals surface area contributed by atoms with Gasteiger partial charge in [0.25, 0.3) is 0 Å². The lowest BCUT2D eigenvalue weighted by Gasteiger charge is -2.08. The van der Waals surface area contributed by atoms with E-state index in [0.29, 0.717) is 0 Å². The number of hydrogen-bond acceptors (Lipinski definition) is 0. The first-order valence-corrected chi connectivity index (χ1v) is 3.79. The Labute approximate surface area is 61.7 Å². The average Bonchev–Trinajstić information content (AvgIpc) is 1.62. The van der Waals surface area contributed by atoms with Crippen LogP contribution in [0.15, 0.2) is 0 Å². The summed E-state index contributed by atoms with van der Waals surface area (Å²) in [6, 6.07) is 0. The van der Waals surface area contributed by atoms with E-state index in [9.17, 15) is 13.2 Å². The van der Waals surface area contributed by atoms with Crippen LogP contribution in [0.25, 0.3) is 0 Å². The topological polar surface area (TPSA) is 0 Å². The van der Waals surface area contributed by atoms with E-state index in [4.69, 9.17) is 0 Å². The zero-order valence-corrected chi connectivity index (χ0v) is 6.85. The van der Waals surface area contributed by atoms with E-state index in [2.05, 4.69) is 31.9 Å². The van der Waals surface area contributed by atoms with Crippen LogP contribution >= 0.6 is 31.9 Å². The van der Waals surface area contributed by atoms with Crippen LogP contribution in [-0.2, 0) is 0 Å². The van der Waals surface area contributed by atoms with Crippen molar-refractivity contribution in [2.45, 2.75) is 11.0 Å². The van der Waals surface area contributed by atoms with Crippen LogP contribution in [-0.4, -0.2) is 16.3 Å². The van der Waals surface area contributed by atoms with Crippen molar-refractivity contribution in [2.24, 2.45) is 0 Å². The molecule has 0 unspecified atom stereocenters. The first kappa shape index (κ1) is 8.75. The molecule has 1 atom stereocenters. The predicted octanol–water partition coefficient (Wildman–Crippen LogP) is 2.71. The summed E-state index contributed by atoms with van der Waals surface area (Å²) in [5, 5.41) is -0.101. The Kier molecular flexibility index (Phi) is 3.34. The quantitative estimate of drug-likeness (QED) is 0.632. The summed E-state index contributed by atoms with van der Waals surface area (Å²) in [7, 11) is 0. The summed E-state index contributed by atoms with van der Waals surface area (Å²) in [4.78, 5) is -1.42. The largest absolute Gasteiger partial charge is 0.402 e. The van der Waals surface area contributed by atoms with Crippen molar-refractivity contribution in [3.05, 3.63) is 0 Å². The van der Waals surface area contributed by atoms with Crippen LogP contribution in [0.2, 0.25) is 0 Å². The number of rotatable bonds is 1. The van der Waals surface area contributed by atoms with Crippen molar-refractivity contribution in [1.82, 2.24) is 0 Å². The van der Waals surface area contributed by atoms with Crippen LogP contribution < -0.4 is 0 Å². The van der Waals surface area contributed by atoms with E-state index in [1.807, 2.05) is 0 Å². The van der Waals surface area contributed by atoms with Gasteiger partial charge < -0.3 is 0 Å². The molecule has 0 aliphatic rings. The van der Waals surface area contributed by atoms with Gasteiger partial charge in [-0.2, -0.15) is 13.2 Å². The second-order valence-corrected chi connectivity index (χ2v) is 2.92. The van der Waals surface area contributed by atoms with Crippen LogP contribution in [0, 0.1) is 0 Å². The second kappa shape index (κ2) is 3.06. The molecule has 0 saturated heterocycles. The fourth-order valence-corrected chi connectivity index (χ4v) is 0.455. The normalized spacial score (nSPS) is 16.1. The zero-order valence-electron chi connectivity index (χ0n) is 3.67. The van der Waals surface area contributed by atoms with Crippen LogP contribution in [0.3, 0.4) is 0 Å². The molecule has 0 aliphatic heterocycles. The molecular formula is C3H3Br2F3. The number of alkyl halides is 5. The molecule has 0 spiro atoms. The maximum absolute atomic E-state index is 11.4. The van der Waals surface area contributed by atoms with E-state index in [1.165, 1.54) is 0 Å².